The lowest BCUT2D eigenvalue weighted by atomic mass is 10.1. The normalized spacial score (nSPS) is 20.6. The predicted molar refractivity (Wildman–Crippen MR) is 77.5 cm³/mol. The minimum atomic E-state index is -0.435. The molecule has 3 rings (SSSR count). The lowest BCUT2D eigenvalue weighted by Gasteiger charge is -2.13. The molecule has 1 aliphatic carbocycles. The summed E-state index contributed by atoms with van der Waals surface area (Å²) in [4.78, 5) is 12.1. The molecule has 3 nitrogen and oxygen atoms in total. The molecule has 0 bridgehead atoms. The Morgan fingerprint density at radius 3 is 2.45 bits per heavy atom. The zero-order valence-corrected chi connectivity index (χ0v) is 11.1. The second kappa shape index (κ2) is 5.57. The number of Topliss-reactive ketones (excluding diaryl/α,β-unsaturated/α-hetero) is 1. The molecular weight excluding hydrogens is 250 g/mol. The van der Waals surface area contributed by atoms with E-state index in [9.17, 15) is 9.90 Å². The summed E-state index contributed by atoms with van der Waals surface area (Å²) in [6.45, 7) is 0.287. The molecule has 0 unspecified atom stereocenters. The van der Waals surface area contributed by atoms with E-state index >= 15 is 0 Å². The monoisotopic (exact) mass is 267 g/mol. The molecule has 102 valence electrons. The van der Waals surface area contributed by atoms with Gasteiger partial charge in [-0.3, -0.25) is 4.79 Å². The van der Waals surface area contributed by atoms with Gasteiger partial charge in [0.25, 0.3) is 0 Å². The Kier molecular flexibility index (Phi) is 3.63. The van der Waals surface area contributed by atoms with Crippen LogP contribution in [0.4, 0.5) is 0 Å². The van der Waals surface area contributed by atoms with E-state index < -0.39 is 6.10 Å². The van der Waals surface area contributed by atoms with Crippen molar-refractivity contribution in [1.29, 1.82) is 0 Å². The van der Waals surface area contributed by atoms with Gasteiger partial charge in [-0.2, -0.15) is 0 Å². The zero-order chi connectivity index (χ0) is 13.9. The highest BCUT2D eigenvalue weighted by Gasteiger charge is 2.29. The van der Waals surface area contributed by atoms with Gasteiger partial charge in [0.15, 0.2) is 5.78 Å². The number of aliphatic hydroxyl groups is 1. The molecule has 0 heterocycles. The molecule has 0 aliphatic heterocycles. The summed E-state index contributed by atoms with van der Waals surface area (Å²) in [5.41, 5.74) is 2.78. The Labute approximate surface area is 118 Å². The number of benzene rings is 2. The summed E-state index contributed by atoms with van der Waals surface area (Å²) in [6, 6.07) is 17.2. The number of fused-ring (bicyclic) bond motifs is 1. The van der Waals surface area contributed by atoms with Crippen LogP contribution in [-0.4, -0.2) is 17.4 Å². The SMILES string of the molecule is O=C(CN[C@@H]1C[C@@H](O)c2ccccc21)c1ccccc1. The van der Waals surface area contributed by atoms with Crippen LogP contribution in [-0.2, 0) is 0 Å². The van der Waals surface area contributed by atoms with Gasteiger partial charge < -0.3 is 10.4 Å². The van der Waals surface area contributed by atoms with Crippen LogP contribution < -0.4 is 5.32 Å². The summed E-state index contributed by atoms with van der Waals surface area (Å²) in [6.07, 6.45) is 0.192. The smallest absolute Gasteiger partial charge is 0.176 e. The molecule has 1 aliphatic rings. The Balaban J connectivity index is 1.67. The van der Waals surface area contributed by atoms with Crippen molar-refractivity contribution in [2.24, 2.45) is 0 Å². The Hall–Kier alpha value is -1.97. The first-order valence-electron chi connectivity index (χ1n) is 6.84. The third kappa shape index (κ3) is 2.50. The van der Waals surface area contributed by atoms with Gasteiger partial charge >= 0.3 is 0 Å². The molecule has 2 aromatic rings. The van der Waals surface area contributed by atoms with Gasteiger partial charge in [0.05, 0.1) is 12.6 Å². The summed E-state index contributed by atoms with van der Waals surface area (Å²) < 4.78 is 0. The van der Waals surface area contributed by atoms with Crippen molar-refractivity contribution in [3.05, 3.63) is 71.3 Å². The van der Waals surface area contributed by atoms with Crippen molar-refractivity contribution >= 4 is 5.78 Å². The van der Waals surface area contributed by atoms with Crippen molar-refractivity contribution in [1.82, 2.24) is 5.32 Å². The minimum Gasteiger partial charge on any atom is -0.388 e. The molecule has 2 aromatic carbocycles. The predicted octanol–water partition coefficient (Wildman–Crippen LogP) is 2.64. The maximum Gasteiger partial charge on any atom is 0.176 e. The molecule has 2 N–H and O–H groups in total. The van der Waals surface area contributed by atoms with Crippen LogP contribution in [0.15, 0.2) is 54.6 Å². The van der Waals surface area contributed by atoms with Crippen molar-refractivity contribution in [3.63, 3.8) is 0 Å². The molecule has 0 amide bonds. The van der Waals surface area contributed by atoms with Gasteiger partial charge in [0.2, 0.25) is 0 Å². The molecule has 0 fully saturated rings. The minimum absolute atomic E-state index is 0.0499. The Bertz CT molecular complexity index is 609. The fraction of sp³-hybridized carbons (Fsp3) is 0.235. The van der Waals surface area contributed by atoms with Gasteiger partial charge in [-0.25, -0.2) is 0 Å². The van der Waals surface area contributed by atoms with Gasteiger partial charge in [-0.05, 0) is 17.5 Å². The van der Waals surface area contributed by atoms with Crippen LogP contribution in [0.5, 0.6) is 0 Å². The van der Waals surface area contributed by atoms with Gasteiger partial charge in [0.1, 0.15) is 0 Å². The van der Waals surface area contributed by atoms with E-state index in [0.29, 0.717) is 12.0 Å². The first kappa shape index (κ1) is 13.0. The van der Waals surface area contributed by atoms with Crippen LogP contribution in [0.25, 0.3) is 0 Å². The fourth-order valence-corrected chi connectivity index (χ4v) is 2.74. The number of rotatable bonds is 4. The second-order valence-electron chi connectivity index (χ2n) is 5.10. The molecule has 0 aromatic heterocycles. The van der Waals surface area contributed by atoms with Gasteiger partial charge in [-0.15, -0.1) is 0 Å². The first-order chi connectivity index (χ1) is 9.75. The fourth-order valence-electron chi connectivity index (χ4n) is 2.74. The van der Waals surface area contributed by atoms with Crippen LogP contribution in [0.1, 0.15) is 40.1 Å². The number of hydrogen-bond acceptors (Lipinski definition) is 3. The van der Waals surface area contributed by atoms with E-state index in [1.807, 2.05) is 54.6 Å². The Morgan fingerprint density at radius 2 is 1.70 bits per heavy atom. The van der Waals surface area contributed by atoms with Crippen molar-refractivity contribution in [2.45, 2.75) is 18.6 Å². The average Bonchev–Trinajstić information content (AvgIpc) is 2.83. The van der Waals surface area contributed by atoms with Crippen LogP contribution in [0.3, 0.4) is 0 Å². The molecule has 3 heteroatoms. The molecule has 0 radical (unpaired) electrons. The highest BCUT2D eigenvalue weighted by atomic mass is 16.3. The van der Waals surface area contributed by atoms with E-state index in [-0.39, 0.29) is 18.4 Å². The molecule has 0 saturated carbocycles. The van der Waals surface area contributed by atoms with E-state index in [4.69, 9.17) is 0 Å². The third-order valence-electron chi connectivity index (χ3n) is 3.79. The maximum absolute atomic E-state index is 12.1. The quantitative estimate of drug-likeness (QED) is 0.837. The van der Waals surface area contributed by atoms with Gasteiger partial charge in [-0.1, -0.05) is 54.6 Å². The highest BCUT2D eigenvalue weighted by Crippen LogP contribution is 2.38. The first-order valence-corrected chi connectivity index (χ1v) is 6.84. The number of nitrogens with one attached hydrogen (secondary N) is 1. The topological polar surface area (TPSA) is 49.3 Å². The van der Waals surface area contributed by atoms with Gasteiger partial charge in [0, 0.05) is 11.6 Å². The van der Waals surface area contributed by atoms with Crippen LogP contribution in [0, 0.1) is 0 Å². The summed E-state index contributed by atoms with van der Waals surface area (Å²) in [7, 11) is 0. The number of carbonyl (C=O) groups excluding carboxylic acids is 1. The largest absolute Gasteiger partial charge is 0.388 e. The van der Waals surface area contributed by atoms with E-state index in [1.165, 1.54) is 0 Å². The number of aliphatic hydroxyl groups excluding tert-OH is 1. The maximum atomic E-state index is 12.1. The molecule has 0 saturated heterocycles. The number of hydrogen-bond donors (Lipinski definition) is 2. The second-order valence-corrected chi connectivity index (χ2v) is 5.10. The highest BCUT2D eigenvalue weighted by molar-refractivity contribution is 5.97. The molecule has 0 spiro atoms. The summed E-state index contributed by atoms with van der Waals surface area (Å²) in [5, 5.41) is 13.3. The zero-order valence-electron chi connectivity index (χ0n) is 11.1. The van der Waals surface area contributed by atoms with Crippen LogP contribution in [0.2, 0.25) is 0 Å². The molecular formula is C17H17NO2. The van der Waals surface area contributed by atoms with E-state index in [1.54, 1.807) is 0 Å². The summed E-state index contributed by atoms with van der Waals surface area (Å²) in [5.74, 6) is 0.0736. The lowest BCUT2D eigenvalue weighted by Crippen LogP contribution is -2.26. The van der Waals surface area contributed by atoms with Crippen molar-refractivity contribution in [3.8, 4) is 0 Å². The lowest BCUT2D eigenvalue weighted by molar-refractivity contribution is 0.0982. The summed E-state index contributed by atoms with van der Waals surface area (Å²) >= 11 is 0. The molecule has 20 heavy (non-hydrogen) atoms. The standard InChI is InChI=1S/C17H17NO2/c19-16-10-15(13-8-4-5-9-14(13)16)18-11-17(20)12-6-2-1-3-7-12/h1-9,15-16,18-19H,10-11H2/t15-,16-/m1/s1. The van der Waals surface area contributed by atoms with E-state index in [2.05, 4.69) is 5.32 Å². The third-order valence-corrected chi connectivity index (χ3v) is 3.79. The average molecular weight is 267 g/mol. The number of carbonyl (C=O) groups is 1. The Morgan fingerprint density at radius 1 is 1.05 bits per heavy atom. The number of ketones is 1. The van der Waals surface area contributed by atoms with Crippen LogP contribution >= 0.6 is 0 Å². The van der Waals surface area contributed by atoms with Crippen molar-refractivity contribution < 1.29 is 9.90 Å². The van der Waals surface area contributed by atoms with Crippen molar-refractivity contribution in [2.75, 3.05) is 6.54 Å². The van der Waals surface area contributed by atoms with E-state index in [0.717, 1.165) is 11.1 Å². The molecule has 2 atom stereocenters.